The summed E-state index contributed by atoms with van der Waals surface area (Å²) >= 11 is 0. The Kier molecular flexibility index (Phi) is 4.09. The van der Waals surface area contributed by atoms with Gasteiger partial charge in [-0.05, 0) is 31.2 Å². The minimum Gasteiger partial charge on any atom is -0.450 e. The summed E-state index contributed by atoms with van der Waals surface area (Å²) < 4.78 is 6.26. The molecule has 1 aromatic carbocycles. The molecule has 0 unspecified atom stereocenters. The zero-order valence-corrected chi connectivity index (χ0v) is 11.2. The van der Waals surface area contributed by atoms with Crippen molar-refractivity contribution in [1.82, 2.24) is 9.78 Å². The van der Waals surface area contributed by atoms with Crippen molar-refractivity contribution >= 4 is 17.6 Å². The monoisotopic (exact) mass is 274 g/mol. The van der Waals surface area contributed by atoms with Crippen LogP contribution >= 0.6 is 0 Å². The summed E-state index contributed by atoms with van der Waals surface area (Å²) in [6, 6.07) is 9.12. The Balaban J connectivity index is 2.47. The molecule has 7 heteroatoms. The summed E-state index contributed by atoms with van der Waals surface area (Å²) in [6.07, 6.45) is -0.658. The van der Waals surface area contributed by atoms with Crippen molar-refractivity contribution in [2.45, 2.75) is 13.8 Å². The third-order valence-corrected chi connectivity index (χ3v) is 2.62. The number of ether oxygens (including phenoxy) is 1. The zero-order valence-electron chi connectivity index (χ0n) is 11.2. The van der Waals surface area contributed by atoms with E-state index in [2.05, 4.69) is 15.6 Å². The number of amides is 1. The summed E-state index contributed by atoms with van der Waals surface area (Å²) in [5, 5.41) is 9.64. The lowest BCUT2D eigenvalue weighted by Gasteiger charge is -2.08. The van der Waals surface area contributed by atoms with Gasteiger partial charge in [-0.3, -0.25) is 5.32 Å². The number of benzene rings is 1. The highest BCUT2D eigenvalue weighted by atomic mass is 16.5. The largest absolute Gasteiger partial charge is 0.450 e. The van der Waals surface area contributed by atoms with Crippen molar-refractivity contribution in [3.8, 4) is 5.69 Å². The zero-order chi connectivity index (χ0) is 14.5. The van der Waals surface area contributed by atoms with E-state index >= 15 is 0 Å². The van der Waals surface area contributed by atoms with Gasteiger partial charge in [-0.2, -0.15) is 5.10 Å². The molecule has 1 aromatic heterocycles. The molecule has 0 saturated heterocycles. The van der Waals surface area contributed by atoms with Crippen LogP contribution in [0.5, 0.6) is 0 Å². The van der Waals surface area contributed by atoms with Crippen molar-refractivity contribution in [3.63, 3.8) is 0 Å². The number of nitrogens with one attached hydrogen (secondary N) is 1. The fourth-order valence-electron chi connectivity index (χ4n) is 1.76. The van der Waals surface area contributed by atoms with E-state index in [-0.39, 0.29) is 18.1 Å². The van der Waals surface area contributed by atoms with E-state index < -0.39 is 6.09 Å². The van der Waals surface area contributed by atoms with E-state index in [0.29, 0.717) is 11.4 Å². The van der Waals surface area contributed by atoms with Crippen LogP contribution in [0.1, 0.15) is 12.6 Å². The van der Waals surface area contributed by atoms with Gasteiger partial charge in [0, 0.05) is 0 Å². The number of carbonyl (C=O) groups excluding carboxylic acids is 1. The molecular formula is C13H14N4O3. The van der Waals surface area contributed by atoms with E-state index in [1.807, 2.05) is 18.2 Å². The Morgan fingerprint density at radius 1 is 1.40 bits per heavy atom. The first-order chi connectivity index (χ1) is 9.67. The number of para-hydroxylation sites is 1. The number of hydrogen-bond acceptors (Lipinski definition) is 5. The minimum atomic E-state index is -0.658. The highest BCUT2D eigenvalue weighted by Crippen LogP contribution is 2.31. The number of nitrogens with zero attached hydrogens (tertiary/aromatic N) is 3. The number of aryl methyl sites for hydroxylation is 1. The molecular weight excluding hydrogens is 260 g/mol. The first-order valence-corrected chi connectivity index (χ1v) is 6.09. The van der Waals surface area contributed by atoms with Gasteiger partial charge in [-0.1, -0.05) is 18.2 Å². The van der Waals surface area contributed by atoms with Crippen molar-refractivity contribution in [2.75, 3.05) is 11.9 Å². The van der Waals surface area contributed by atoms with E-state index in [9.17, 15) is 9.70 Å². The lowest BCUT2D eigenvalue weighted by Crippen LogP contribution is -2.16. The average Bonchev–Trinajstić information content (AvgIpc) is 2.76. The van der Waals surface area contributed by atoms with Crippen molar-refractivity contribution in [3.05, 3.63) is 40.9 Å². The maximum absolute atomic E-state index is 11.6. The van der Waals surface area contributed by atoms with E-state index in [4.69, 9.17) is 4.74 Å². The van der Waals surface area contributed by atoms with Crippen LogP contribution in [-0.4, -0.2) is 22.5 Å². The van der Waals surface area contributed by atoms with Crippen LogP contribution in [0, 0.1) is 11.8 Å². The lowest BCUT2D eigenvalue weighted by molar-refractivity contribution is 0.167. The molecule has 20 heavy (non-hydrogen) atoms. The first kappa shape index (κ1) is 13.7. The summed E-state index contributed by atoms with van der Waals surface area (Å²) in [5.41, 5.74) is 1.22. The van der Waals surface area contributed by atoms with E-state index in [1.165, 1.54) is 4.68 Å². The van der Waals surface area contributed by atoms with Gasteiger partial charge in [0.15, 0.2) is 11.5 Å². The third kappa shape index (κ3) is 2.66. The van der Waals surface area contributed by atoms with Crippen LogP contribution in [-0.2, 0) is 4.74 Å². The highest BCUT2D eigenvalue weighted by Gasteiger charge is 2.19. The maximum Gasteiger partial charge on any atom is 0.412 e. The Morgan fingerprint density at radius 2 is 2.10 bits per heavy atom. The van der Waals surface area contributed by atoms with Crippen LogP contribution in [0.3, 0.4) is 0 Å². The van der Waals surface area contributed by atoms with Gasteiger partial charge in [-0.15, -0.1) is 4.91 Å². The second-order valence-electron chi connectivity index (χ2n) is 3.97. The Labute approximate surface area is 115 Å². The molecule has 7 nitrogen and oxygen atoms in total. The molecule has 0 radical (unpaired) electrons. The Morgan fingerprint density at radius 3 is 2.70 bits per heavy atom. The van der Waals surface area contributed by atoms with Gasteiger partial charge >= 0.3 is 6.09 Å². The average molecular weight is 274 g/mol. The highest BCUT2D eigenvalue weighted by molar-refractivity contribution is 5.88. The van der Waals surface area contributed by atoms with Crippen molar-refractivity contribution < 1.29 is 9.53 Å². The van der Waals surface area contributed by atoms with Gasteiger partial charge in [0.1, 0.15) is 0 Å². The lowest BCUT2D eigenvalue weighted by atomic mass is 10.3. The molecule has 1 N–H and O–H groups in total. The van der Waals surface area contributed by atoms with Crippen LogP contribution in [0.2, 0.25) is 0 Å². The molecule has 0 atom stereocenters. The third-order valence-electron chi connectivity index (χ3n) is 2.62. The molecule has 1 heterocycles. The number of hydrogen-bond donors (Lipinski definition) is 1. The number of aromatic nitrogens is 2. The molecule has 104 valence electrons. The molecule has 0 fully saturated rings. The summed E-state index contributed by atoms with van der Waals surface area (Å²) in [4.78, 5) is 22.5. The van der Waals surface area contributed by atoms with Crippen LogP contribution in [0.15, 0.2) is 35.5 Å². The van der Waals surface area contributed by atoms with E-state index in [0.717, 1.165) is 0 Å². The fourth-order valence-corrected chi connectivity index (χ4v) is 1.76. The van der Waals surface area contributed by atoms with Crippen LogP contribution in [0.25, 0.3) is 5.69 Å². The predicted octanol–water partition coefficient (Wildman–Crippen LogP) is 3.15. The molecule has 0 spiro atoms. The number of nitroso groups, excluding NO2 is 1. The van der Waals surface area contributed by atoms with Crippen LogP contribution in [0.4, 0.5) is 16.3 Å². The topological polar surface area (TPSA) is 85.6 Å². The standard InChI is InChI=1S/C13H14N4O3/c1-3-20-13(18)14-12-11(16-19)9(2)15-17(12)10-7-5-4-6-8-10/h4-8H,3H2,1-2H3,(H,14,18). The Hall–Kier alpha value is -2.70. The van der Waals surface area contributed by atoms with Crippen LogP contribution < -0.4 is 5.32 Å². The fraction of sp³-hybridized carbons (Fsp3) is 0.231. The minimum absolute atomic E-state index is 0.0851. The number of anilines is 1. The van der Waals surface area contributed by atoms with Gasteiger partial charge in [0.25, 0.3) is 0 Å². The predicted molar refractivity (Wildman–Crippen MR) is 74.4 cm³/mol. The number of carbonyl (C=O) groups is 1. The summed E-state index contributed by atoms with van der Waals surface area (Å²) in [7, 11) is 0. The van der Waals surface area contributed by atoms with E-state index in [1.54, 1.807) is 26.0 Å². The maximum atomic E-state index is 11.6. The molecule has 0 saturated carbocycles. The molecule has 0 aliphatic carbocycles. The molecule has 0 aliphatic heterocycles. The molecule has 2 rings (SSSR count). The van der Waals surface area contributed by atoms with Gasteiger partial charge in [-0.25, -0.2) is 9.48 Å². The molecule has 1 amide bonds. The SMILES string of the molecule is CCOC(=O)Nc1c(N=O)c(C)nn1-c1ccccc1. The quantitative estimate of drug-likeness (QED) is 0.868. The van der Waals surface area contributed by atoms with Gasteiger partial charge < -0.3 is 4.74 Å². The second kappa shape index (κ2) is 5.96. The molecule has 2 aromatic rings. The smallest absolute Gasteiger partial charge is 0.412 e. The van der Waals surface area contributed by atoms with Gasteiger partial charge in [0.2, 0.25) is 0 Å². The normalized spacial score (nSPS) is 10.1. The molecule has 0 aliphatic rings. The van der Waals surface area contributed by atoms with Crippen molar-refractivity contribution in [2.24, 2.45) is 5.18 Å². The first-order valence-electron chi connectivity index (χ1n) is 6.09. The Bertz CT molecular complexity index is 622. The van der Waals surface area contributed by atoms with Crippen molar-refractivity contribution in [1.29, 1.82) is 0 Å². The second-order valence-corrected chi connectivity index (χ2v) is 3.97. The number of rotatable bonds is 4. The van der Waals surface area contributed by atoms with Gasteiger partial charge in [0.05, 0.1) is 18.0 Å². The summed E-state index contributed by atoms with van der Waals surface area (Å²) in [5.74, 6) is 0.196. The molecule has 0 bridgehead atoms. The summed E-state index contributed by atoms with van der Waals surface area (Å²) in [6.45, 7) is 3.57.